The van der Waals surface area contributed by atoms with E-state index in [2.05, 4.69) is 20.7 Å². The van der Waals surface area contributed by atoms with Crippen LogP contribution in [0.25, 0.3) is 0 Å². The van der Waals surface area contributed by atoms with Gasteiger partial charge < -0.3 is 4.74 Å². The van der Waals surface area contributed by atoms with Crippen molar-refractivity contribution in [3.8, 4) is 0 Å². The molecular weight excluding hydrogens is 196 g/mol. The predicted octanol–water partition coefficient (Wildman–Crippen LogP) is 2.11. The molecule has 0 spiro atoms. The van der Waals surface area contributed by atoms with Crippen LogP contribution >= 0.6 is 15.9 Å². The highest BCUT2D eigenvalue weighted by Crippen LogP contribution is 2.01. The second kappa shape index (κ2) is 8.95. The van der Waals surface area contributed by atoms with Crippen LogP contribution in [0.2, 0.25) is 0 Å². The van der Waals surface area contributed by atoms with Gasteiger partial charge in [0.25, 0.3) is 6.47 Å². The zero-order chi connectivity index (χ0) is 7.66. The Morgan fingerprint density at radius 3 is 2.50 bits per heavy atom. The Labute approximate surface area is 70.1 Å². The highest BCUT2D eigenvalue weighted by molar-refractivity contribution is 9.09. The average Bonchev–Trinajstić information content (AvgIpc) is 1.97. The molecule has 0 bridgehead atoms. The Kier molecular flexibility index (Phi) is 8.91. The van der Waals surface area contributed by atoms with E-state index in [1.807, 2.05) is 0 Å². The van der Waals surface area contributed by atoms with Crippen LogP contribution in [0.3, 0.4) is 0 Å². The molecule has 0 atom stereocenters. The Bertz CT molecular complexity index is 76.0. The summed E-state index contributed by atoms with van der Waals surface area (Å²) in [5, 5.41) is 1.07. The minimum atomic E-state index is 0.504. The molecule has 0 fully saturated rings. The molecule has 0 unspecified atom stereocenters. The summed E-state index contributed by atoms with van der Waals surface area (Å²) in [6, 6.07) is 0. The van der Waals surface area contributed by atoms with Crippen molar-refractivity contribution in [1.82, 2.24) is 0 Å². The van der Waals surface area contributed by atoms with Crippen LogP contribution in [-0.2, 0) is 9.53 Å². The van der Waals surface area contributed by atoms with Crippen molar-refractivity contribution in [3.05, 3.63) is 0 Å². The highest BCUT2D eigenvalue weighted by atomic mass is 79.9. The number of carbonyl (C=O) groups excluding carboxylic acids is 1. The second-order valence-electron chi connectivity index (χ2n) is 2.07. The maximum Gasteiger partial charge on any atom is 0.293 e. The fourth-order valence-electron chi connectivity index (χ4n) is 0.682. The van der Waals surface area contributed by atoms with Gasteiger partial charge in [0.1, 0.15) is 0 Å². The van der Waals surface area contributed by atoms with Crippen molar-refractivity contribution in [3.63, 3.8) is 0 Å². The lowest BCUT2D eigenvalue weighted by atomic mass is 10.2. The minimum Gasteiger partial charge on any atom is -0.468 e. The predicted molar refractivity (Wildman–Crippen MR) is 44.3 cm³/mol. The van der Waals surface area contributed by atoms with Crippen LogP contribution in [0.5, 0.6) is 0 Å². The van der Waals surface area contributed by atoms with E-state index in [9.17, 15) is 4.79 Å². The third-order valence-corrected chi connectivity index (χ3v) is 1.77. The number of rotatable bonds is 7. The SMILES string of the molecule is O=COCCCCCCBr. The average molecular weight is 209 g/mol. The minimum absolute atomic E-state index is 0.504. The molecule has 0 N–H and O–H groups in total. The van der Waals surface area contributed by atoms with Gasteiger partial charge in [0, 0.05) is 5.33 Å². The quantitative estimate of drug-likeness (QED) is 0.364. The van der Waals surface area contributed by atoms with E-state index in [0.717, 1.165) is 18.2 Å². The lowest BCUT2D eigenvalue weighted by Gasteiger charge is -1.97. The van der Waals surface area contributed by atoms with E-state index in [-0.39, 0.29) is 0 Å². The molecular formula is C7H13BrO2. The summed E-state index contributed by atoms with van der Waals surface area (Å²) in [7, 11) is 0. The summed E-state index contributed by atoms with van der Waals surface area (Å²) in [5.41, 5.74) is 0. The number of halogens is 1. The van der Waals surface area contributed by atoms with E-state index >= 15 is 0 Å². The molecule has 0 aromatic heterocycles. The van der Waals surface area contributed by atoms with Crippen LogP contribution in [-0.4, -0.2) is 18.4 Å². The monoisotopic (exact) mass is 208 g/mol. The number of carbonyl (C=O) groups is 1. The van der Waals surface area contributed by atoms with Gasteiger partial charge >= 0.3 is 0 Å². The fourth-order valence-corrected chi connectivity index (χ4v) is 1.08. The maximum atomic E-state index is 9.66. The van der Waals surface area contributed by atoms with Crippen molar-refractivity contribution in [1.29, 1.82) is 0 Å². The molecule has 0 aromatic rings. The lowest BCUT2D eigenvalue weighted by molar-refractivity contribution is -0.128. The molecule has 0 aliphatic carbocycles. The molecule has 0 saturated carbocycles. The first kappa shape index (κ1) is 9.95. The van der Waals surface area contributed by atoms with Crippen LogP contribution in [0.1, 0.15) is 25.7 Å². The summed E-state index contributed by atoms with van der Waals surface area (Å²) in [5.74, 6) is 0. The van der Waals surface area contributed by atoms with Crippen molar-refractivity contribution in [2.45, 2.75) is 25.7 Å². The van der Waals surface area contributed by atoms with Gasteiger partial charge in [-0.25, -0.2) is 0 Å². The van der Waals surface area contributed by atoms with E-state index in [1.54, 1.807) is 0 Å². The topological polar surface area (TPSA) is 26.3 Å². The molecule has 10 heavy (non-hydrogen) atoms. The number of alkyl halides is 1. The van der Waals surface area contributed by atoms with Crippen LogP contribution in [0, 0.1) is 0 Å². The van der Waals surface area contributed by atoms with E-state index < -0.39 is 0 Å². The standard InChI is InChI=1S/C7H13BrO2/c8-5-3-1-2-4-6-10-7-9/h7H,1-6H2. The van der Waals surface area contributed by atoms with Gasteiger partial charge in [-0.1, -0.05) is 28.8 Å². The van der Waals surface area contributed by atoms with Crippen LogP contribution < -0.4 is 0 Å². The Balaban J connectivity index is 2.70. The molecule has 0 aromatic carbocycles. The van der Waals surface area contributed by atoms with E-state index in [4.69, 9.17) is 0 Å². The molecule has 0 amide bonds. The van der Waals surface area contributed by atoms with Crippen molar-refractivity contribution >= 4 is 22.4 Å². The van der Waals surface area contributed by atoms with Crippen LogP contribution in [0.15, 0.2) is 0 Å². The van der Waals surface area contributed by atoms with Gasteiger partial charge in [0.05, 0.1) is 6.61 Å². The molecule has 60 valence electrons. The van der Waals surface area contributed by atoms with Crippen molar-refractivity contribution in [2.24, 2.45) is 0 Å². The summed E-state index contributed by atoms with van der Waals surface area (Å²) in [6.07, 6.45) is 4.57. The smallest absolute Gasteiger partial charge is 0.293 e. The summed E-state index contributed by atoms with van der Waals surface area (Å²) in [6.45, 7) is 1.08. The van der Waals surface area contributed by atoms with Crippen molar-refractivity contribution < 1.29 is 9.53 Å². The maximum absolute atomic E-state index is 9.66. The third kappa shape index (κ3) is 7.95. The first-order valence-electron chi connectivity index (χ1n) is 3.53. The summed E-state index contributed by atoms with van der Waals surface area (Å²) < 4.78 is 4.52. The number of unbranched alkanes of at least 4 members (excludes halogenated alkanes) is 3. The van der Waals surface area contributed by atoms with Gasteiger partial charge in [-0.15, -0.1) is 0 Å². The molecule has 0 rings (SSSR count). The summed E-state index contributed by atoms with van der Waals surface area (Å²) in [4.78, 5) is 9.66. The van der Waals surface area contributed by atoms with E-state index in [0.29, 0.717) is 13.1 Å². The van der Waals surface area contributed by atoms with Gasteiger partial charge in [-0.05, 0) is 12.8 Å². The van der Waals surface area contributed by atoms with Crippen molar-refractivity contribution in [2.75, 3.05) is 11.9 Å². The largest absolute Gasteiger partial charge is 0.468 e. The zero-order valence-corrected chi connectivity index (χ0v) is 7.60. The highest BCUT2D eigenvalue weighted by Gasteiger charge is 1.87. The molecule has 0 aliphatic rings. The van der Waals surface area contributed by atoms with Gasteiger partial charge in [-0.3, -0.25) is 4.79 Å². The third-order valence-electron chi connectivity index (χ3n) is 1.21. The molecule has 3 heteroatoms. The molecule has 0 heterocycles. The Morgan fingerprint density at radius 2 is 1.90 bits per heavy atom. The normalized spacial score (nSPS) is 9.30. The fraction of sp³-hybridized carbons (Fsp3) is 0.857. The van der Waals surface area contributed by atoms with E-state index in [1.165, 1.54) is 12.8 Å². The molecule has 0 radical (unpaired) electrons. The summed E-state index contributed by atoms with van der Waals surface area (Å²) >= 11 is 3.34. The first-order chi connectivity index (χ1) is 4.91. The van der Waals surface area contributed by atoms with Gasteiger partial charge in [0.15, 0.2) is 0 Å². The zero-order valence-electron chi connectivity index (χ0n) is 6.01. The van der Waals surface area contributed by atoms with Gasteiger partial charge in [0.2, 0.25) is 0 Å². The Morgan fingerprint density at radius 1 is 1.20 bits per heavy atom. The first-order valence-corrected chi connectivity index (χ1v) is 4.65. The molecule has 2 nitrogen and oxygen atoms in total. The van der Waals surface area contributed by atoms with Gasteiger partial charge in [-0.2, -0.15) is 0 Å². The number of ether oxygens (including phenoxy) is 1. The molecule has 0 saturated heterocycles. The Hall–Kier alpha value is -0.0500. The lowest BCUT2D eigenvalue weighted by Crippen LogP contribution is -1.91. The number of hydrogen-bond donors (Lipinski definition) is 0. The second-order valence-corrected chi connectivity index (χ2v) is 2.86. The van der Waals surface area contributed by atoms with Crippen LogP contribution in [0.4, 0.5) is 0 Å². The molecule has 0 aliphatic heterocycles. The number of hydrogen-bond acceptors (Lipinski definition) is 2.